The fourth-order valence-corrected chi connectivity index (χ4v) is 3.60. The maximum absolute atomic E-state index is 12.7. The summed E-state index contributed by atoms with van der Waals surface area (Å²) in [6.45, 7) is 2.11. The number of ether oxygens (including phenoxy) is 1. The highest BCUT2D eigenvalue weighted by atomic mass is 32.2. The predicted octanol–water partition coefficient (Wildman–Crippen LogP) is 3.76. The van der Waals surface area contributed by atoms with E-state index in [4.69, 9.17) is 10.5 Å². The van der Waals surface area contributed by atoms with Crippen LogP contribution in [0.5, 0.6) is 0 Å². The first-order valence-corrected chi connectivity index (χ1v) is 8.61. The Morgan fingerprint density at radius 3 is 2.38 bits per heavy atom. The average molecular weight is 338 g/mol. The largest absolute Gasteiger partial charge is 0.463 e. The molecule has 3 rings (SSSR count). The molecule has 5 heteroatoms. The fourth-order valence-electron chi connectivity index (χ4n) is 2.59. The van der Waals surface area contributed by atoms with Gasteiger partial charge in [0.1, 0.15) is 0 Å². The lowest BCUT2D eigenvalue weighted by Gasteiger charge is -2.25. The van der Waals surface area contributed by atoms with Crippen LogP contribution in [0.2, 0.25) is 0 Å². The van der Waals surface area contributed by atoms with Gasteiger partial charge in [-0.1, -0.05) is 72.4 Å². The number of amidine groups is 1. The van der Waals surface area contributed by atoms with Crippen LogP contribution >= 0.6 is 11.8 Å². The van der Waals surface area contributed by atoms with E-state index >= 15 is 0 Å². The van der Waals surface area contributed by atoms with Gasteiger partial charge in [-0.3, -0.25) is 0 Å². The minimum Gasteiger partial charge on any atom is -0.463 e. The van der Waals surface area contributed by atoms with Gasteiger partial charge in [-0.05, 0) is 12.5 Å². The van der Waals surface area contributed by atoms with Crippen LogP contribution in [-0.4, -0.2) is 17.7 Å². The molecule has 0 radical (unpaired) electrons. The van der Waals surface area contributed by atoms with Gasteiger partial charge in [0.15, 0.2) is 5.17 Å². The van der Waals surface area contributed by atoms with Gasteiger partial charge in [-0.25, -0.2) is 9.79 Å². The number of hydrogen-bond acceptors (Lipinski definition) is 5. The number of carbonyl (C=O) groups is 1. The Morgan fingerprint density at radius 1 is 1.12 bits per heavy atom. The minimum absolute atomic E-state index is 0.238. The van der Waals surface area contributed by atoms with E-state index < -0.39 is 0 Å². The number of benzene rings is 2. The summed E-state index contributed by atoms with van der Waals surface area (Å²) >= 11 is 1.37. The number of aliphatic imine (C=N–C) groups is 1. The van der Waals surface area contributed by atoms with E-state index in [1.54, 1.807) is 6.92 Å². The Labute approximate surface area is 145 Å². The van der Waals surface area contributed by atoms with E-state index in [1.165, 1.54) is 11.8 Å². The van der Waals surface area contributed by atoms with Crippen molar-refractivity contribution in [3.63, 3.8) is 0 Å². The van der Waals surface area contributed by atoms with Gasteiger partial charge in [0.2, 0.25) is 0 Å². The number of thioether (sulfide) groups is 1. The van der Waals surface area contributed by atoms with Crippen molar-refractivity contribution in [1.29, 1.82) is 0 Å². The molecule has 1 aliphatic rings. The first kappa shape index (κ1) is 16.3. The molecule has 4 nitrogen and oxygen atoms in total. The van der Waals surface area contributed by atoms with Crippen molar-refractivity contribution >= 4 is 28.6 Å². The molecule has 0 saturated carbocycles. The fraction of sp³-hybridized carbons (Fsp3) is 0.158. The zero-order chi connectivity index (χ0) is 16.9. The summed E-state index contributed by atoms with van der Waals surface area (Å²) in [4.78, 5) is 17.1. The SMILES string of the molecule is CCOC(=O)C1=C(c2ccccc2)N=C(N)S[C@@H]1c1ccccc1. The van der Waals surface area contributed by atoms with Crippen LogP contribution in [0.3, 0.4) is 0 Å². The lowest BCUT2D eigenvalue weighted by atomic mass is 9.99. The molecule has 0 saturated heterocycles. The van der Waals surface area contributed by atoms with Crippen molar-refractivity contribution in [2.75, 3.05) is 6.61 Å². The summed E-state index contributed by atoms with van der Waals surface area (Å²) in [5, 5.41) is 0.203. The van der Waals surface area contributed by atoms with Crippen LogP contribution in [0.4, 0.5) is 0 Å². The molecular formula is C19H18N2O2S. The first-order chi connectivity index (χ1) is 11.7. The highest BCUT2D eigenvalue weighted by Crippen LogP contribution is 2.44. The van der Waals surface area contributed by atoms with Gasteiger partial charge < -0.3 is 10.5 Å². The molecule has 1 atom stereocenters. The molecular weight excluding hydrogens is 320 g/mol. The number of hydrogen-bond donors (Lipinski definition) is 1. The Bertz CT molecular complexity index is 786. The standard InChI is InChI=1S/C19H18N2O2S/c1-2-23-18(22)15-16(13-9-5-3-6-10-13)21-19(20)24-17(15)14-11-7-4-8-12-14/h3-12,17H,2H2,1H3,(H2,20,21)/t17-/m1/s1. The molecule has 0 unspecified atom stereocenters. The zero-order valence-corrected chi connectivity index (χ0v) is 14.1. The summed E-state index contributed by atoms with van der Waals surface area (Å²) in [5.74, 6) is -0.353. The second-order valence-corrected chi connectivity index (χ2v) is 6.33. The molecule has 122 valence electrons. The van der Waals surface area contributed by atoms with Crippen LogP contribution < -0.4 is 5.73 Å². The van der Waals surface area contributed by atoms with Crippen molar-refractivity contribution in [3.8, 4) is 0 Å². The highest BCUT2D eigenvalue weighted by molar-refractivity contribution is 8.14. The van der Waals surface area contributed by atoms with Crippen LogP contribution in [0, 0.1) is 0 Å². The quantitative estimate of drug-likeness (QED) is 0.862. The molecule has 1 aliphatic heterocycles. The van der Waals surface area contributed by atoms with Gasteiger partial charge >= 0.3 is 5.97 Å². The maximum Gasteiger partial charge on any atom is 0.337 e. The number of rotatable bonds is 4. The Hall–Kier alpha value is -2.53. The number of esters is 1. The summed E-state index contributed by atoms with van der Waals surface area (Å²) in [6, 6.07) is 19.4. The molecule has 0 bridgehead atoms. The number of carbonyl (C=O) groups excluding carboxylic acids is 1. The van der Waals surface area contributed by atoms with E-state index in [-0.39, 0.29) is 11.2 Å². The van der Waals surface area contributed by atoms with Crippen molar-refractivity contribution in [2.45, 2.75) is 12.2 Å². The second kappa shape index (κ2) is 7.36. The van der Waals surface area contributed by atoms with Gasteiger partial charge in [0.05, 0.1) is 23.1 Å². The molecule has 24 heavy (non-hydrogen) atoms. The maximum atomic E-state index is 12.7. The molecule has 0 amide bonds. The third kappa shape index (κ3) is 3.36. The molecule has 0 aliphatic carbocycles. The lowest BCUT2D eigenvalue weighted by molar-refractivity contribution is -0.138. The van der Waals surface area contributed by atoms with Gasteiger partial charge in [0, 0.05) is 5.56 Å². The molecule has 1 heterocycles. The van der Waals surface area contributed by atoms with E-state index in [0.29, 0.717) is 23.0 Å². The van der Waals surface area contributed by atoms with E-state index in [9.17, 15) is 4.79 Å². The van der Waals surface area contributed by atoms with E-state index in [1.807, 2.05) is 60.7 Å². The molecule has 2 aromatic rings. The summed E-state index contributed by atoms with van der Waals surface area (Å²) < 4.78 is 5.30. The van der Waals surface area contributed by atoms with E-state index in [2.05, 4.69) is 4.99 Å². The highest BCUT2D eigenvalue weighted by Gasteiger charge is 2.33. The van der Waals surface area contributed by atoms with Gasteiger partial charge in [-0.2, -0.15) is 0 Å². The third-order valence-electron chi connectivity index (χ3n) is 3.62. The predicted molar refractivity (Wildman–Crippen MR) is 98.4 cm³/mol. The monoisotopic (exact) mass is 338 g/mol. The number of nitrogens with two attached hydrogens (primary N) is 1. The van der Waals surface area contributed by atoms with Crippen molar-refractivity contribution in [3.05, 3.63) is 77.4 Å². The van der Waals surface area contributed by atoms with Crippen LogP contribution in [0.1, 0.15) is 23.3 Å². The Kier molecular flexibility index (Phi) is 5.01. The summed E-state index contributed by atoms with van der Waals surface area (Å²) in [6.07, 6.45) is 0. The second-order valence-electron chi connectivity index (χ2n) is 5.21. The normalized spacial score (nSPS) is 17.4. The Balaban J connectivity index is 2.18. The van der Waals surface area contributed by atoms with Crippen LogP contribution in [-0.2, 0) is 9.53 Å². The van der Waals surface area contributed by atoms with Gasteiger partial charge in [-0.15, -0.1) is 0 Å². The lowest BCUT2D eigenvalue weighted by Crippen LogP contribution is -2.22. The third-order valence-corrected chi connectivity index (χ3v) is 4.70. The van der Waals surface area contributed by atoms with Crippen LogP contribution in [0.25, 0.3) is 5.70 Å². The number of nitrogens with zero attached hydrogens (tertiary/aromatic N) is 1. The smallest absolute Gasteiger partial charge is 0.337 e. The van der Waals surface area contributed by atoms with Crippen molar-refractivity contribution in [2.24, 2.45) is 10.7 Å². The van der Waals surface area contributed by atoms with E-state index in [0.717, 1.165) is 11.1 Å². The van der Waals surface area contributed by atoms with Crippen molar-refractivity contribution in [1.82, 2.24) is 0 Å². The molecule has 2 N–H and O–H groups in total. The molecule has 0 aromatic heterocycles. The Morgan fingerprint density at radius 2 is 1.75 bits per heavy atom. The summed E-state index contributed by atoms with van der Waals surface area (Å²) in [5.41, 5.74) is 9.02. The topological polar surface area (TPSA) is 64.7 Å². The summed E-state index contributed by atoms with van der Waals surface area (Å²) in [7, 11) is 0. The molecule has 0 fully saturated rings. The molecule has 0 spiro atoms. The van der Waals surface area contributed by atoms with Crippen LogP contribution in [0.15, 0.2) is 71.2 Å². The van der Waals surface area contributed by atoms with Gasteiger partial charge in [0.25, 0.3) is 0 Å². The minimum atomic E-state index is -0.353. The first-order valence-electron chi connectivity index (χ1n) is 7.73. The molecule has 2 aromatic carbocycles. The zero-order valence-electron chi connectivity index (χ0n) is 13.3. The van der Waals surface area contributed by atoms with Crippen molar-refractivity contribution < 1.29 is 9.53 Å². The average Bonchev–Trinajstić information content (AvgIpc) is 2.62.